The molecular formula is C26H29N3O3S. The number of carbonyl (C=O) groups is 1. The van der Waals surface area contributed by atoms with Gasteiger partial charge in [0.05, 0.1) is 29.4 Å². The van der Waals surface area contributed by atoms with Crippen LogP contribution >= 0.6 is 0 Å². The Labute approximate surface area is 194 Å². The highest BCUT2D eigenvalue weighted by atomic mass is 32.2. The summed E-state index contributed by atoms with van der Waals surface area (Å²) < 4.78 is 27.6. The molecule has 1 N–H and O–H groups in total. The molecule has 2 aromatic carbocycles. The summed E-state index contributed by atoms with van der Waals surface area (Å²) in [5, 5.41) is 7.63. The van der Waals surface area contributed by atoms with E-state index in [9.17, 15) is 13.2 Å². The lowest BCUT2D eigenvalue weighted by molar-refractivity contribution is -0.121. The number of nitrogens with zero attached hydrogens (tertiary/aromatic N) is 2. The molecule has 3 aromatic rings. The Morgan fingerprint density at radius 3 is 2.70 bits per heavy atom. The van der Waals surface area contributed by atoms with Gasteiger partial charge in [0.25, 0.3) is 0 Å². The van der Waals surface area contributed by atoms with Crippen LogP contribution < -0.4 is 5.32 Å². The van der Waals surface area contributed by atoms with E-state index in [2.05, 4.69) is 22.5 Å². The van der Waals surface area contributed by atoms with E-state index in [0.717, 1.165) is 55.3 Å². The van der Waals surface area contributed by atoms with E-state index in [-0.39, 0.29) is 24.1 Å². The molecule has 0 fully saturated rings. The highest BCUT2D eigenvalue weighted by molar-refractivity contribution is 7.91. The number of sulfone groups is 1. The Morgan fingerprint density at radius 1 is 1.03 bits per heavy atom. The van der Waals surface area contributed by atoms with Gasteiger partial charge in [-0.15, -0.1) is 0 Å². The van der Waals surface area contributed by atoms with Crippen molar-refractivity contribution >= 4 is 15.7 Å². The van der Waals surface area contributed by atoms with Gasteiger partial charge in [-0.25, -0.2) is 8.42 Å². The van der Waals surface area contributed by atoms with E-state index in [1.165, 1.54) is 11.1 Å². The molecule has 1 aromatic heterocycles. The molecule has 1 unspecified atom stereocenters. The monoisotopic (exact) mass is 463 g/mol. The molecule has 0 saturated carbocycles. The van der Waals surface area contributed by atoms with Crippen LogP contribution in [0.15, 0.2) is 59.6 Å². The summed E-state index contributed by atoms with van der Waals surface area (Å²) in [6, 6.07) is 15.5. The quantitative estimate of drug-likeness (QED) is 0.578. The SMILES string of the molecule is O=C(CCS(=O)(=O)c1ccc2c(c1)CCC2)NC1CCCc2c1cnn2Cc1ccccc1. The predicted molar refractivity (Wildman–Crippen MR) is 127 cm³/mol. The first-order chi connectivity index (χ1) is 16.0. The summed E-state index contributed by atoms with van der Waals surface area (Å²) >= 11 is 0. The van der Waals surface area contributed by atoms with Crippen molar-refractivity contribution in [1.82, 2.24) is 15.1 Å². The summed E-state index contributed by atoms with van der Waals surface area (Å²) in [5.74, 6) is -0.404. The second-order valence-electron chi connectivity index (χ2n) is 9.06. The third-order valence-corrected chi connectivity index (χ3v) is 8.51. The van der Waals surface area contributed by atoms with Crippen LogP contribution in [0.5, 0.6) is 0 Å². The fourth-order valence-electron chi connectivity index (χ4n) is 5.01. The predicted octanol–water partition coefficient (Wildman–Crippen LogP) is 3.78. The van der Waals surface area contributed by atoms with Crippen LogP contribution in [0.2, 0.25) is 0 Å². The Kier molecular flexibility index (Phi) is 6.06. The minimum Gasteiger partial charge on any atom is -0.349 e. The summed E-state index contributed by atoms with van der Waals surface area (Å²) in [6.07, 6.45) is 7.57. The second kappa shape index (κ2) is 9.14. The Bertz CT molecular complexity index is 1270. The summed E-state index contributed by atoms with van der Waals surface area (Å²) in [5.41, 5.74) is 5.76. The van der Waals surface area contributed by atoms with E-state index < -0.39 is 9.84 Å². The molecule has 172 valence electrons. The van der Waals surface area contributed by atoms with Gasteiger partial charge in [0.1, 0.15) is 0 Å². The minimum atomic E-state index is -3.49. The number of fused-ring (bicyclic) bond motifs is 2. The van der Waals surface area contributed by atoms with Crippen molar-refractivity contribution in [1.29, 1.82) is 0 Å². The molecule has 7 heteroatoms. The maximum atomic E-state index is 12.8. The van der Waals surface area contributed by atoms with Gasteiger partial charge in [0.2, 0.25) is 5.91 Å². The van der Waals surface area contributed by atoms with Crippen LogP contribution in [-0.2, 0) is 40.4 Å². The largest absolute Gasteiger partial charge is 0.349 e. The molecule has 0 spiro atoms. The molecule has 33 heavy (non-hydrogen) atoms. The van der Waals surface area contributed by atoms with Crippen LogP contribution in [-0.4, -0.2) is 29.9 Å². The van der Waals surface area contributed by atoms with Crippen molar-refractivity contribution < 1.29 is 13.2 Å². The molecule has 2 aliphatic rings. The lowest BCUT2D eigenvalue weighted by Crippen LogP contribution is -2.32. The number of benzene rings is 2. The van der Waals surface area contributed by atoms with E-state index >= 15 is 0 Å². The van der Waals surface area contributed by atoms with E-state index in [0.29, 0.717) is 11.4 Å². The third kappa shape index (κ3) is 4.74. The Hall–Kier alpha value is -2.93. The van der Waals surface area contributed by atoms with Crippen LogP contribution in [0.4, 0.5) is 0 Å². The van der Waals surface area contributed by atoms with Gasteiger partial charge in [-0.1, -0.05) is 36.4 Å². The molecule has 0 aliphatic heterocycles. The van der Waals surface area contributed by atoms with E-state index in [1.807, 2.05) is 35.1 Å². The first kappa shape index (κ1) is 21.9. The first-order valence-electron chi connectivity index (χ1n) is 11.7. The number of aryl methyl sites for hydroxylation is 2. The summed E-state index contributed by atoms with van der Waals surface area (Å²) in [6.45, 7) is 0.704. The highest BCUT2D eigenvalue weighted by Crippen LogP contribution is 2.30. The second-order valence-corrected chi connectivity index (χ2v) is 11.2. The van der Waals surface area contributed by atoms with Gasteiger partial charge >= 0.3 is 0 Å². The zero-order valence-corrected chi connectivity index (χ0v) is 19.5. The smallest absolute Gasteiger partial charge is 0.221 e. The van der Waals surface area contributed by atoms with Crippen molar-refractivity contribution in [3.8, 4) is 0 Å². The van der Waals surface area contributed by atoms with Crippen molar-refractivity contribution in [2.24, 2.45) is 0 Å². The number of amides is 1. The molecule has 0 saturated heterocycles. The highest BCUT2D eigenvalue weighted by Gasteiger charge is 2.26. The Balaban J connectivity index is 1.22. The Morgan fingerprint density at radius 2 is 1.85 bits per heavy atom. The molecule has 0 bridgehead atoms. The number of carbonyl (C=O) groups excluding carboxylic acids is 1. The maximum Gasteiger partial charge on any atom is 0.221 e. The lowest BCUT2D eigenvalue weighted by atomic mass is 9.93. The molecule has 1 atom stereocenters. The van der Waals surface area contributed by atoms with Crippen molar-refractivity contribution in [3.05, 3.63) is 82.7 Å². The summed E-state index contributed by atoms with van der Waals surface area (Å²) in [4.78, 5) is 13.0. The number of nitrogens with one attached hydrogen (secondary N) is 1. The minimum absolute atomic E-state index is 0.0383. The van der Waals surface area contributed by atoms with E-state index in [4.69, 9.17) is 0 Å². The van der Waals surface area contributed by atoms with Gasteiger partial charge in [-0.2, -0.15) is 5.10 Å². The fraction of sp³-hybridized carbons (Fsp3) is 0.385. The average Bonchev–Trinajstić information content (AvgIpc) is 3.46. The zero-order valence-electron chi connectivity index (χ0n) is 18.7. The summed E-state index contributed by atoms with van der Waals surface area (Å²) in [7, 11) is -3.49. The fourth-order valence-corrected chi connectivity index (χ4v) is 6.30. The topological polar surface area (TPSA) is 81.1 Å². The normalized spacial score (nSPS) is 17.4. The van der Waals surface area contributed by atoms with Crippen LogP contribution in [0, 0.1) is 0 Å². The van der Waals surface area contributed by atoms with Crippen molar-refractivity contribution in [3.63, 3.8) is 0 Å². The molecule has 6 nitrogen and oxygen atoms in total. The van der Waals surface area contributed by atoms with Gasteiger partial charge in [0.15, 0.2) is 9.84 Å². The lowest BCUT2D eigenvalue weighted by Gasteiger charge is -2.24. The van der Waals surface area contributed by atoms with Crippen molar-refractivity contribution in [2.75, 3.05) is 5.75 Å². The molecule has 1 amide bonds. The van der Waals surface area contributed by atoms with Crippen LogP contribution in [0.25, 0.3) is 0 Å². The van der Waals surface area contributed by atoms with Gasteiger partial charge in [-0.05, 0) is 67.3 Å². The molecular weight excluding hydrogens is 434 g/mol. The average molecular weight is 464 g/mol. The molecule has 0 radical (unpaired) electrons. The number of hydrogen-bond donors (Lipinski definition) is 1. The van der Waals surface area contributed by atoms with Gasteiger partial charge in [0, 0.05) is 17.7 Å². The van der Waals surface area contributed by atoms with Gasteiger partial charge < -0.3 is 5.32 Å². The first-order valence-corrected chi connectivity index (χ1v) is 13.4. The van der Waals surface area contributed by atoms with Gasteiger partial charge in [-0.3, -0.25) is 9.48 Å². The molecule has 2 aliphatic carbocycles. The standard InChI is InChI=1S/C26H29N3O3S/c30-26(14-15-33(31,32)22-13-12-20-8-4-9-21(20)16-22)28-24-10-5-11-25-23(24)17-27-29(25)18-19-6-2-1-3-7-19/h1-3,6-7,12-13,16-17,24H,4-5,8-11,14-15,18H2,(H,28,30). The maximum absolute atomic E-state index is 12.8. The van der Waals surface area contributed by atoms with Crippen LogP contribution in [0.3, 0.4) is 0 Å². The number of rotatable bonds is 7. The number of hydrogen-bond acceptors (Lipinski definition) is 4. The molecule has 1 heterocycles. The van der Waals surface area contributed by atoms with Crippen molar-refractivity contribution in [2.45, 2.75) is 62.4 Å². The number of aromatic nitrogens is 2. The van der Waals surface area contributed by atoms with E-state index in [1.54, 1.807) is 12.1 Å². The third-order valence-electron chi connectivity index (χ3n) is 6.80. The van der Waals surface area contributed by atoms with Crippen LogP contribution in [0.1, 0.15) is 59.7 Å². The molecule has 5 rings (SSSR count). The zero-order chi connectivity index (χ0) is 22.8.